The average molecular weight is 356 g/mol. The van der Waals surface area contributed by atoms with E-state index in [1.54, 1.807) is 30.3 Å². The van der Waals surface area contributed by atoms with Gasteiger partial charge in [-0.2, -0.15) is 0 Å². The monoisotopic (exact) mass is 356 g/mol. The van der Waals surface area contributed by atoms with Crippen LogP contribution in [0.3, 0.4) is 0 Å². The first-order valence-corrected chi connectivity index (χ1v) is 7.68. The maximum absolute atomic E-state index is 11.8. The maximum Gasteiger partial charge on any atom is 0.466 e. The molecule has 0 aliphatic carbocycles. The Balaban J connectivity index is 1.98. The molecule has 0 unspecified atom stereocenters. The largest absolute Gasteiger partial charge is 0.466 e. The molecule has 1 aliphatic heterocycles. The quantitative estimate of drug-likeness (QED) is 0.323. The number of nitrogens with one attached hydrogen (secondary N) is 2. The topological polar surface area (TPSA) is 154 Å². The van der Waals surface area contributed by atoms with Gasteiger partial charge in [-0.1, -0.05) is 18.2 Å². The second kappa shape index (κ2) is 8.74. The SMILES string of the molecule is CC(=O)N[C@@H]1[C@@H](O)[C@@H](O)[C@@H](CO)O[C@@H]1[NH2+]OC(=O)Nc1ccccc1. The zero-order valence-corrected chi connectivity index (χ0v) is 13.5. The second-order valence-corrected chi connectivity index (χ2v) is 5.56. The summed E-state index contributed by atoms with van der Waals surface area (Å²) < 4.78 is 5.40. The van der Waals surface area contributed by atoms with Gasteiger partial charge in [0.05, 0.1) is 6.61 Å². The lowest BCUT2D eigenvalue weighted by Gasteiger charge is -2.39. The molecule has 10 nitrogen and oxygen atoms in total. The fraction of sp³-hybridized carbons (Fsp3) is 0.467. The molecule has 25 heavy (non-hydrogen) atoms. The van der Waals surface area contributed by atoms with Gasteiger partial charge < -0.3 is 25.4 Å². The molecule has 0 spiro atoms. The summed E-state index contributed by atoms with van der Waals surface area (Å²) in [6, 6.07) is 7.55. The van der Waals surface area contributed by atoms with Crippen molar-refractivity contribution >= 4 is 17.7 Å². The van der Waals surface area contributed by atoms with Crippen molar-refractivity contribution in [1.82, 2.24) is 5.32 Å². The molecule has 1 aromatic carbocycles. The van der Waals surface area contributed by atoms with Crippen LogP contribution in [-0.4, -0.2) is 64.5 Å². The van der Waals surface area contributed by atoms with Gasteiger partial charge in [0.15, 0.2) is 0 Å². The molecular weight excluding hydrogens is 334 g/mol. The molecule has 0 aromatic heterocycles. The lowest BCUT2D eigenvalue weighted by molar-refractivity contribution is -0.921. The molecule has 138 valence electrons. The van der Waals surface area contributed by atoms with Crippen LogP contribution in [0.5, 0.6) is 0 Å². The first-order chi connectivity index (χ1) is 11.9. The van der Waals surface area contributed by atoms with Gasteiger partial charge >= 0.3 is 6.09 Å². The number of ether oxygens (including phenoxy) is 1. The molecule has 2 amide bonds. The molecular formula is C15H22N3O7+. The predicted molar refractivity (Wildman–Crippen MR) is 83.8 cm³/mol. The third kappa shape index (κ3) is 5.11. The van der Waals surface area contributed by atoms with E-state index in [2.05, 4.69) is 10.6 Å². The zero-order chi connectivity index (χ0) is 18.4. The van der Waals surface area contributed by atoms with E-state index < -0.39 is 49.2 Å². The Hall–Kier alpha value is -2.24. The molecule has 1 heterocycles. The van der Waals surface area contributed by atoms with E-state index in [-0.39, 0.29) is 0 Å². The summed E-state index contributed by atoms with van der Waals surface area (Å²) in [5, 5.41) is 34.2. The van der Waals surface area contributed by atoms with Crippen molar-refractivity contribution in [2.45, 2.75) is 37.5 Å². The van der Waals surface area contributed by atoms with E-state index in [1.807, 2.05) is 0 Å². The van der Waals surface area contributed by atoms with Crippen LogP contribution in [0.25, 0.3) is 0 Å². The Morgan fingerprint density at radius 2 is 1.92 bits per heavy atom. The Morgan fingerprint density at radius 1 is 1.24 bits per heavy atom. The molecule has 1 saturated heterocycles. The first kappa shape index (κ1) is 19.1. The van der Waals surface area contributed by atoms with Gasteiger partial charge in [-0.05, 0) is 12.1 Å². The fourth-order valence-electron chi connectivity index (χ4n) is 2.46. The number of para-hydroxylation sites is 1. The van der Waals surface area contributed by atoms with Crippen molar-refractivity contribution < 1.29 is 40.0 Å². The van der Waals surface area contributed by atoms with E-state index in [9.17, 15) is 24.9 Å². The molecule has 2 rings (SSSR count). The van der Waals surface area contributed by atoms with Crippen LogP contribution in [0.2, 0.25) is 0 Å². The van der Waals surface area contributed by atoms with E-state index in [0.717, 1.165) is 5.48 Å². The normalized spacial score (nSPS) is 28.9. The molecule has 10 heteroatoms. The van der Waals surface area contributed by atoms with Crippen molar-refractivity contribution in [2.75, 3.05) is 11.9 Å². The second-order valence-electron chi connectivity index (χ2n) is 5.56. The van der Waals surface area contributed by atoms with Gasteiger partial charge in [0.1, 0.15) is 24.4 Å². The summed E-state index contributed by atoms with van der Waals surface area (Å²) in [5.41, 5.74) is 1.52. The Labute approximate surface area is 143 Å². The third-order valence-corrected chi connectivity index (χ3v) is 3.66. The highest BCUT2D eigenvalue weighted by Gasteiger charge is 2.47. The van der Waals surface area contributed by atoms with Crippen LogP contribution in [0.15, 0.2) is 30.3 Å². The highest BCUT2D eigenvalue weighted by atomic mass is 16.7. The number of aliphatic hydroxyl groups excluding tert-OH is 3. The van der Waals surface area contributed by atoms with Gasteiger partial charge in [0.25, 0.3) is 6.23 Å². The lowest BCUT2D eigenvalue weighted by atomic mass is 9.96. The van der Waals surface area contributed by atoms with Crippen molar-refractivity contribution in [3.8, 4) is 0 Å². The van der Waals surface area contributed by atoms with Crippen molar-refractivity contribution in [3.63, 3.8) is 0 Å². The third-order valence-electron chi connectivity index (χ3n) is 3.66. The number of quaternary nitrogens is 1. The van der Waals surface area contributed by atoms with Crippen LogP contribution >= 0.6 is 0 Å². The number of carbonyl (C=O) groups excluding carboxylic acids is 2. The number of hydrogen-bond donors (Lipinski definition) is 6. The number of benzene rings is 1. The first-order valence-electron chi connectivity index (χ1n) is 7.68. The van der Waals surface area contributed by atoms with E-state index in [1.165, 1.54) is 6.92 Å². The summed E-state index contributed by atoms with van der Waals surface area (Å²) in [4.78, 5) is 28.1. The Morgan fingerprint density at radius 3 is 2.52 bits per heavy atom. The number of amides is 2. The Bertz CT molecular complexity index is 586. The molecule has 1 aromatic rings. The minimum absolute atomic E-state index is 0.463. The highest BCUT2D eigenvalue weighted by Crippen LogP contribution is 2.18. The standard InChI is InChI=1S/C15H21N3O7/c1-8(20)16-11-13(22)12(21)10(7-19)24-14(11)18-25-15(23)17-9-5-3-2-4-6-9/h2-6,10-14,18-19,21-22H,7H2,1H3,(H,16,20)(H,17,23)/p+1/t10-,11-,12+,13-,14+/m1/s1. The number of aliphatic hydroxyl groups is 3. The summed E-state index contributed by atoms with van der Waals surface area (Å²) in [6.07, 6.45) is -5.73. The fourth-order valence-corrected chi connectivity index (χ4v) is 2.46. The van der Waals surface area contributed by atoms with Gasteiger partial charge in [-0.3, -0.25) is 14.9 Å². The number of anilines is 1. The highest BCUT2D eigenvalue weighted by molar-refractivity contribution is 5.83. The molecule has 1 fully saturated rings. The summed E-state index contributed by atoms with van der Waals surface area (Å²) >= 11 is 0. The Kier molecular flexibility index (Phi) is 6.67. The van der Waals surface area contributed by atoms with Gasteiger partial charge in [0, 0.05) is 12.6 Å². The number of rotatable bonds is 5. The van der Waals surface area contributed by atoms with Crippen LogP contribution in [0, 0.1) is 0 Å². The van der Waals surface area contributed by atoms with E-state index in [0.29, 0.717) is 5.69 Å². The number of hydroxylamine groups is 1. The lowest BCUT2D eigenvalue weighted by Crippen LogP contribution is -2.96. The predicted octanol–water partition coefficient (Wildman–Crippen LogP) is -2.34. The molecule has 0 saturated carbocycles. The molecule has 0 bridgehead atoms. The minimum Gasteiger partial charge on any atom is -0.394 e. The summed E-state index contributed by atoms with van der Waals surface area (Å²) in [5.74, 6) is -0.463. The van der Waals surface area contributed by atoms with Crippen LogP contribution < -0.4 is 16.1 Å². The van der Waals surface area contributed by atoms with Crippen molar-refractivity contribution in [2.24, 2.45) is 0 Å². The van der Waals surface area contributed by atoms with E-state index in [4.69, 9.17) is 9.57 Å². The average Bonchev–Trinajstić information content (AvgIpc) is 2.59. The number of carbonyl (C=O) groups is 2. The molecule has 7 N–H and O–H groups in total. The van der Waals surface area contributed by atoms with Gasteiger partial charge in [0.2, 0.25) is 5.91 Å². The van der Waals surface area contributed by atoms with Gasteiger partial charge in [-0.15, -0.1) is 5.48 Å². The number of hydrogen-bond acceptors (Lipinski definition) is 7. The number of nitrogens with two attached hydrogens (primary N) is 1. The molecule has 1 aliphatic rings. The van der Waals surface area contributed by atoms with Crippen LogP contribution in [0.1, 0.15) is 6.92 Å². The molecule has 5 atom stereocenters. The van der Waals surface area contributed by atoms with Crippen LogP contribution in [-0.2, 0) is 14.4 Å². The minimum atomic E-state index is -1.41. The van der Waals surface area contributed by atoms with E-state index >= 15 is 0 Å². The smallest absolute Gasteiger partial charge is 0.394 e. The maximum atomic E-state index is 11.8. The zero-order valence-electron chi connectivity index (χ0n) is 13.5. The van der Waals surface area contributed by atoms with Crippen molar-refractivity contribution in [1.29, 1.82) is 0 Å². The van der Waals surface area contributed by atoms with Crippen molar-refractivity contribution in [3.05, 3.63) is 30.3 Å². The summed E-state index contributed by atoms with van der Waals surface area (Å²) in [7, 11) is 0. The molecule has 0 radical (unpaired) electrons. The van der Waals surface area contributed by atoms with Gasteiger partial charge in [-0.25, -0.2) is 4.79 Å². The summed E-state index contributed by atoms with van der Waals surface area (Å²) in [6.45, 7) is 0.683. The van der Waals surface area contributed by atoms with Crippen LogP contribution in [0.4, 0.5) is 10.5 Å².